The molecule has 0 aliphatic heterocycles. The van der Waals surface area contributed by atoms with Crippen LogP contribution in [0.4, 0.5) is 0 Å². The lowest BCUT2D eigenvalue weighted by Crippen LogP contribution is -2.41. The fourth-order valence-corrected chi connectivity index (χ4v) is 6.31. The van der Waals surface area contributed by atoms with Crippen molar-refractivity contribution < 1.29 is 9.22 Å². The molecule has 0 N–H and O–H groups in total. The Morgan fingerprint density at radius 1 is 1.24 bits per heavy atom. The predicted octanol–water partition coefficient (Wildman–Crippen LogP) is 6.60. The van der Waals surface area contributed by atoms with E-state index in [1.165, 1.54) is 32.1 Å². The van der Waals surface area contributed by atoms with E-state index < -0.39 is 8.32 Å². The van der Waals surface area contributed by atoms with Crippen molar-refractivity contribution in [1.29, 1.82) is 0 Å². The molecule has 2 rings (SSSR count). The molecule has 3 heteroatoms. The smallest absolute Gasteiger partial charge is 0.191 e. The van der Waals surface area contributed by atoms with Gasteiger partial charge in [-0.25, -0.2) is 0 Å². The zero-order valence-electron chi connectivity index (χ0n) is 17.9. The topological polar surface area (TPSA) is 26.3 Å². The van der Waals surface area contributed by atoms with Crippen molar-refractivity contribution in [1.82, 2.24) is 0 Å². The minimum absolute atomic E-state index is 0.298. The molecular weight excluding hydrogens is 324 g/mol. The predicted molar refractivity (Wildman–Crippen MR) is 109 cm³/mol. The molecule has 2 aliphatic carbocycles. The first-order valence-corrected chi connectivity index (χ1v) is 13.6. The van der Waals surface area contributed by atoms with Gasteiger partial charge in [-0.1, -0.05) is 47.5 Å². The minimum atomic E-state index is -1.59. The highest BCUT2D eigenvalue weighted by molar-refractivity contribution is 6.74. The average Bonchev–Trinajstić information content (AvgIpc) is 2.84. The quantitative estimate of drug-likeness (QED) is 0.375. The summed E-state index contributed by atoms with van der Waals surface area (Å²) >= 11 is 0. The van der Waals surface area contributed by atoms with Crippen LogP contribution in [0.25, 0.3) is 0 Å². The molecule has 0 bridgehead atoms. The molecule has 0 radical (unpaired) electrons. The Morgan fingerprint density at radius 3 is 2.56 bits per heavy atom. The Balaban J connectivity index is 1.76. The van der Waals surface area contributed by atoms with Crippen LogP contribution in [0.15, 0.2) is 0 Å². The molecule has 0 unspecified atom stereocenters. The third-order valence-corrected chi connectivity index (χ3v) is 12.5. The van der Waals surface area contributed by atoms with E-state index in [0.29, 0.717) is 22.2 Å². The number of ketones is 1. The summed E-state index contributed by atoms with van der Waals surface area (Å²) in [4.78, 5) is 12.3. The Morgan fingerprint density at radius 2 is 1.92 bits per heavy atom. The van der Waals surface area contributed by atoms with Crippen molar-refractivity contribution in [3.8, 4) is 0 Å². The fourth-order valence-electron chi connectivity index (χ4n) is 5.22. The van der Waals surface area contributed by atoms with E-state index >= 15 is 0 Å². The second-order valence-electron chi connectivity index (χ2n) is 10.6. The Bertz CT molecular complexity index is 465. The molecule has 146 valence electrons. The van der Waals surface area contributed by atoms with E-state index in [4.69, 9.17) is 4.43 Å². The van der Waals surface area contributed by atoms with E-state index in [1.807, 2.05) is 0 Å². The first-order valence-electron chi connectivity index (χ1n) is 10.7. The maximum atomic E-state index is 12.3. The Kier molecular flexibility index (Phi) is 6.63. The van der Waals surface area contributed by atoms with Crippen LogP contribution in [-0.2, 0) is 9.22 Å². The molecule has 0 aromatic rings. The van der Waals surface area contributed by atoms with E-state index in [0.717, 1.165) is 37.7 Å². The van der Waals surface area contributed by atoms with Gasteiger partial charge in [-0.05, 0) is 67.5 Å². The number of hydrogen-bond acceptors (Lipinski definition) is 2. The number of Topliss-reactive ketones (excluding diaryl/α,β-unsaturated/α-hetero) is 1. The molecule has 2 nitrogen and oxygen atoms in total. The third kappa shape index (κ3) is 4.58. The summed E-state index contributed by atoms with van der Waals surface area (Å²) < 4.78 is 6.32. The number of rotatable bonds is 7. The highest BCUT2D eigenvalue weighted by atomic mass is 28.4. The second kappa shape index (κ2) is 7.84. The first kappa shape index (κ1) is 21.2. The van der Waals surface area contributed by atoms with Crippen LogP contribution in [0, 0.1) is 23.2 Å². The molecule has 0 heterocycles. The van der Waals surface area contributed by atoms with Crippen LogP contribution in [0.3, 0.4) is 0 Å². The molecule has 0 saturated heterocycles. The van der Waals surface area contributed by atoms with E-state index in [9.17, 15) is 4.79 Å². The average molecular weight is 367 g/mol. The number of hydrogen-bond donors (Lipinski definition) is 0. The molecule has 0 amide bonds. The van der Waals surface area contributed by atoms with Crippen LogP contribution in [0.2, 0.25) is 18.1 Å². The van der Waals surface area contributed by atoms with Crippen molar-refractivity contribution in [2.24, 2.45) is 23.2 Å². The normalized spacial score (nSPS) is 31.9. The first-order chi connectivity index (χ1) is 11.5. The lowest BCUT2D eigenvalue weighted by Gasteiger charge is -2.42. The van der Waals surface area contributed by atoms with Gasteiger partial charge in [0, 0.05) is 18.9 Å². The van der Waals surface area contributed by atoms with E-state index in [2.05, 4.69) is 47.7 Å². The molecule has 25 heavy (non-hydrogen) atoms. The maximum Gasteiger partial charge on any atom is 0.191 e. The molecule has 0 spiro atoms. The van der Waals surface area contributed by atoms with Gasteiger partial charge in [-0.15, -0.1) is 0 Å². The van der Waals surface area contributed by atoms with Gasteiger partial charge in [0.1, 0.15) is 5.78 Å². The van der Waals surface area contributed by atoms with Crippen LogP contribution in [0.1, 0.15) is 86.0 Å². The Labute approximate surface area is 157 Å². The van der Waals surface area contributed by atoms with E-state index in [-0.39, 0.29) is 0 Å². The molecule has 2 aliphatic rings. The molecule has 2 saturated carbocycles. The van der Waals surface area contributed by atoms with Crippen molar-refractivity contribution >= 4 is 14.1 Å². The van der Waals surface area contributed by atoms with Crippen molar-refractivity contribution in [2.45, 2.75) is 104 Å². The van der Waals surface area contributed by atoms with Crippen LogP contribution in [-0.4, -0.2) is 20.7 Å². The van der Waals surface area contributed by atoms with Gasteiger partial charge in [-0.2, -0.15) is 0 Å². The summed E-state index contributed by atoms with van der Waals surface area (Å²) in [5.74, 6) is 2.43. The lowest BCUT2D eigenvalue weighted by atomic mass is 9.62. The van der Waals surface area contributed by atoms with Gasteiger partial charge >= 0.3 is 0 Å². The standard InChI is InChI=1S/C22H42O2Si/c1-17(11-8-9-16-24-25(6,7)21(2,3)4)18-13-14-19-20(23)12-10-15-22(18,19)5/h17-19H,8-16H2,1-7H3/t17-,18+,19-,22+/m0/s1. The van der Waals surface area contributed by atoms with Crippen molar-refractivity contribution in [2.75, 3.05) is 6.61 Å². The summed E-state index contributed by atoms with van der Waals surface area (Å²) in [5.41, 5.74) is 0.298. The summed E-state index contributed by atoms with van der Waals surface area (Å²) in [5, 5.41) is 0.307. The Hall–Kier alpha value is -0.153. The van der Waals surface area contributed by atoms with Crippen LogP contribution >= 0.6 is 0 Å². The fraction of sp³-hybridized carbons (Fsp3) is 0.955. The summed E-state index contributed by atoms with van der Waals surface area (Å²) in [7, 11) is -1.59. The largest absolute Gasteiger partial charge is 0.417 e. The van der Waals surface area contributed by atoms with Gasteiger partial charge in [0.25, 0.3) is 0 Å². The third-order valence-electron chi connectivity index (χ3n) is 7.95. The highest BCUT2D eigenvalue weighted by Gasteiger charge is 2.52. The summed E-state index contributed by atoms with van der Waals surface area (Å²) in [6, 6.07) is 0. The van der Waals surface area contributed by atoms with Gasteiger partial charge < -0.3 is 4.43 Å². The summed E-state index contributed by atoms with van der Waals surface area (Å²) in [6.45, 7) is 17.4. The van der Waals surface area contributed by atoms with E-state index in [1.54, 1.807) is 0 Å². The SMILES string of the molecule is C[C@@H](CCCCO[Si](C)(C)C(C)(C)C)[C@H]1CC[C@H]2C(=O)CCC[C@]12C. The zero-order valence-corrected chi connectivity index (χ0v) is 18.9. The van der Waals surface area contributed by atoms with Gasteiger partial charge in [0.2, 0.25) is 0 Å². The van der Waals surface area contributed by atoms with Gasteiger partial charge in [0.15, 0.2) is 8.32 Å². The van der Waals surface area contributed by atoms with Gasteiger partial charge in [-0.3, -0.25) is 4.79 Å². The molecule has 0 aromatic carbocycles. The highest BCUT2D eigenvalue weighted by Crippen LogP contribution is 2.57. The second-order valence-corrected chi connectivity index (χ2v) is 15.5. The minimum Gasteiger partial charge on any atom is -0.417 e. The van der Waals surface area contributed by atoms with Crippen molar-refractivity contribution in [3.05, 3.63) is 0 Å². The monoisotopic (exact) mass is 366 g/mol. The van der Waals surface area contributed by atoms with Crippen LogP contribution in [0.5, 0.6) is 0 Å². The number of carbonyl (C=O) groups excluding carboxylic acids is 1. The van der Waals surface area contributed by atoms with Gasteiger partial charge in [0.05, 0.1) is 0 Å². The number of carbonyl (C=O) groups is 1. The van der Waals surface area contributed by atoms with Crippen molar-refractivity contribution in [3.63, 3.8) is 0 Å². The zero-order chi connectivity index (χ0) is 18.9. The lowest BCUT2D eigenvalue weighted by molar-refractivity contribution is -0.130. The number of unbranched alkanes of at least 4 members (excludes halogenated alkanes) is 1. The molecule has 2 fully saturated rings. The van der Waals surface area contributed by atoms with Crippen LogP contribution < -0.4 is 0 Å². The number of fused-ring (bicyclic) bond motifs is 1. The molecular formula is C22H42O2Si. The maximum absolute atomic E-state index is 12.3. The molecule has 4 atom stereocenters. The summed E-state index contributed by atoms with van der Waals surface area (Å²) in [6.07, 6.45) is 9.40. The molecule has 0 aromatic heterocycles.